The summed E-state index contributed by atoms with van der Waals surface area (Å²) in [5, 5.41) is 2.92. The summed E-state index contributed by atoms with van der Waals surface area (Å²) < 4.78 is 10.2. The van der Waals surface area contributed by atoms with E-state index < -0.39 is 0 Å². The Labute approximate surface area is 135 Å². The summed E-state index contributed by atoms with van der Waals surface area (Å²) in [6.45, 7) is 5.19. The van der Waals surface area contributed by atoms with Gasteiger partial charge in [0.05, 0.1) is 12.6 Å². The van der Waals surface area contributed by atoms with Crippen LogP contribution in [-0.4, -0.2) is 47.6 Å². The minimum Gasteiger partial charge on any atom is -0.450 e. The van der Waals surface area contributed by atoms with Gasteiger partial charge in [-0.3, -0.25) is 4.79 Å². The highest BCUT2D eigenvalue weighted by Gasteiger charge is 2.25. The van der Waals surface area contributed by atoms with Gasteiger partial charge < -0.3 is 25.1 Å². The molecular weight excluding hydrogens is 300 g/mol. The van der Waals surface area contributed by atoms with Gasteiger partial charge in [-0.2, -0.15) is 0 Å². The number of amides is 2. The Bertz CT molecular complexity index is 537. The lowest BCUT2D eigenvalue weighted by Gasteiger charge is -2.31. The Balaban J connectivity index is 1.83. The van der Waals surface area contributed by atoms with Crippen LogP contribution in [0.5, 0.6) is 0 Å². The number of carbonyl (C=O) groups excluding carboxylic acids is 2. The fourth-order valence-electron chi connectivity index (χ4n) is 2.42. The smallest absolute Gasteiger partial charge is 0.409 e. The molecule has 23 heavy (non-hydrogen) atoms. The molecule has 1 aliphatic heterocycles. The molecule has 1 unspecified atom stereocenters. The molecule has 8 nitrogen and oxygen atoms in total. The number of oxazole rings is 1. The first-order chi connectivity index (χ1) is 11.0. The van der Waals surface area contributed by atoms with E-state index >= 15 is 0 Å². The predicted octanol–water partition coefficient (Wildman–Crippen LogP) is 1.44. The van der Waals surface area contributed by atoms with E-state index in [1.807, 2.05) is 6.92 Å². The highest BCUT2D eigenvalue weighted by atomic mass is 16.6. The van der Waals surface area contributed by atoms with Crippen molar-refractivity contribution in [3.05, 3.63) is 17.8 Å². The van der Waals surface area contributed by atoms with Crippen molar-refractivity contribution in [2.75, 3.05) is 19.7 Å². The van der Waals surface area contributed by atoms with Crippen molar-refractivity contribution in [3.8, 4) is 0 Å². The van der Waals surface area contributed by atoms with Crippen molar-refractivity contribution in [1.29, 1.82) is 0 Å². The number of hydrogen-bond donors (Lipinski definition) is 2. The summed E-state index contributed by atoms with van der Waals surface area (Å²) in [5.41, 5.74) is 6.06. The highest BCUT2D eigenvalue weighted by Crippen LogP contribution is 2.15. The molecule has 0 spiro atoms. The molecule has 1 aromatic rings. The van der Waals surface area contributed by atoms with E-state index in [0.717, 1.165) is 0 Å². The fraction of sp³-hybridized carbons (Fsp3) is 0.667. The van der Waals surface area contributed by atoms with Crippen molar-refractivity contribution in [3.63, 3.8) is 0 Å². The third-order valence-electron chi connectivity index (χ3n) is 3.87. The first kappa shape index (κ1) is 17.3. The topological polar surface area (TPSA) is 111 Å². The monoisotopic (exact) mass is 324 g/mol. The van der Waals surface area contributed by atoms with Gasteiger partial charge in [0.1, 0.15) is 6.26 Å². The number of aromatic nitrogens is 1. The quantitative estimate of drug-likeness (QED) is 0.848. The lowest BCUT2D eigenvalue weighted by atomic mass is 10.1. The molecule has 1 aliphatic rings. The van der Waals surface area contributed by atoms with Crippen LogP contribution in [0.2, 0.25) is 0 Å². The number of piperidine rings is 1. The van der Waals surface area contributed by atoms with Crippen LogP contribution in [0.15, 0.2) is 10.7 Å². The molecule has 0 bridgehead atoms. The molecule has 1 fully saturated rings. The number of likely N-dealkylation sites (tertiary alicyclic amines) is 1. The molecule has 0 saturated carbocycles. The predicted molar refractivity (Wildman–Crippen MR) is 82.8 cm³/mol. The third-order valence-corrected chi connectivity index (χ3v) is 3.87. The minimum absolute atomic E-state index is 0.00757. The van der Waals surface area contributed by atoms with Crippen molar-refractivity contribution < 1.29 is 18.7 Å². The van der Waals surface area contributed by atoms with Crippen molar-refractivity contribution in [2.45, 2.75) is 45.2 Å². The first-order valence-electron chi connectivity index (χ1n) is 7.98. The molecule has 2 heterocycles. The molecule has 0 radical (unpaired) electrons. The van der Waals surface area contributed by atoms with E-state index in [1.54, 1.807) is 11.8 Å². The number of carbonyl (C=O) groups is 2. The van der Waals surface area contributed by atoms with Crippen LogP contribution in [0.1, 0.15) is 55.5 Å². The standard InChI is InChI=1S/C15H24N4O4/c1-3-11(16)14-18-12(9-23-14)13(20)17-10-5-7-19(8-6-10)15(21)22-4-2/h9-11H,3-8,16H2,1-2H3,(H,17,20). The molecule has 0 aliphatic carbocycles. The summed E-state index contributed by atoms with van der Waals surface area (Å²) in [6, 6.07) is -0.294. The van der Waals surface area contributed by atoms with Crippen LogP contribution in [0.3, 0.4) is 0 Å². The van der Waals surface area contributed by atoms with E-state index in [4.69, 9.17) is 14.9 Å². The summed E-state index contributed by atoms with van der Waals surface area (Å²) in [7, 11) is 0. The maximum absolute atomic E-state index is 12.2. The van der Waals surface area contributed by atoms with Gasteiger partial charge in [0, 0.05) is 19.1 Å². The zero-order chi connectivity index (χ0) is 16.8. The van der Waals surface area contributed by atoms with Crippen molar-refractivity contribution in [1.82, 2.24) is 15.2 Å². The second kappa shape index (κ2) is 7.96. The van der Waals surface area contributed by atoms with Crippen LogP contribution in [0, 0.1) is 0 Å². The molecule has 1 atom stereocenters. The molecular formula is C15H24N4O4. The fourth-order valence-corrected chi connectivity index (χ4v) is 2.42. The summed E-state index contributed by atoms with van der Waals surface area (Å²) in [6.07, 6.45) is 3.09. The van der Waals surface area contributed by atoms with Crippen molar-refractivity contribution >= 4 is 12.0 Å². The summed E-state index contributed by atoms with van der Waals surface area (Å²) in [4.78, 5) is 29.6. The molecule has 128 valence electrons. The van der Waals surface area contributed by atoms with Gasteiger partial charge in [-0.25, -0.2) is 9.78 Å². The van der Waals surface area contributed by atoms with E-state index in [0.29, 0.717) is 44.8 Å². The number of rotatable bonds is 5. The zero-order valence-corrected chi connectivity index (χ0v) is 13.6. The van der Waals surface area contributed by atoms with Gasteiger partial charge in [0.25, 0.3) is 5.91 Å². The van der Waals surface area contributed by atoms with Gasteiger partial charge >= 0.3 is 6.09 Å². The van der Waals surface area contributed by atoms with E-state index in [1.165, 1.54) is 6.26 Å². The largest absolute Gasteiger partial charge is 0.450 e. The molecule has 2 amide bonds. The SMILES string of the molecule is CCOC(=O)N1CCC(NC(=O)c2coc(C(N)CC)n2)CC1. The number of nitrogens with zero attached hydrogens (tertiary/aromatic N) is 2. The maximum atomic E-state index is 12.2. The third kappa shape index (κ3) is 4.44. The van der Waals surface area contributed by atoms with Gasteiger partial charge in [0.15, 0.2) is 5.69 Å². The van der Waals surface area contributed by atoms with Crippen LogP contribution in [-0.2, 0) is 4.74 Å². The Morgan fingerprint density at radius 1 is 1.48 bits per heavy atom. The van der Waals surface area contributed by atoms with Gasteiger partial charge in [-0.15, -0.1) is 0 Å². The Morgan fingerprint density at radius 3 is 2.78 bits per heavy atom. The van der Waals surface area contributed by atoms with Crippen LogP contribution in [0.4, 0.5) is 4.79 Å². The number of hydrogen-bond acceptors (Lipinski definition) is 6. The lowest BCUT2D eigenvalue weighted by molar-refractivity contribution is 0.0856. The maximum Gasteiger partial charge on any atom is 0.409 e. The van der Waals surface area contributed by atoms with Crippen LogP contribution in [0.25, 0.3) is 0 Å². The molecule has 0 aromatic carbocycles. The Kier molecular flexibility index (Phi) is 5.97. The summed E-state index contributed by atoms with van der Waals surface area (Å²) >= 11 is 0. The van der Waals surface area contributed by atoms with Gasteiger partial charge in [-0.1, -0.05) is 6.92 Å². The molecule has 1 aromatic heterocycles. The molecule has 2 rings (SSSR count). The molecule has 3 N–H and O–H groups in total. The number of ether oxygens (including phenoxy) is 1. The Morgan fingerprint density at radius 2 is 2.17 bits per heavy atom. The average molecular weight is 324 g/mol. The van der Waals surface area contributed by atoms with Crippen LogP contribution >= 0.6 is 0 Å². The second-order valence-corrected chi connectivity index (χ2v) is 5.52. The van der Waals surface area contributed by atoms with E-state index in [2.05, 4.69) is 10.3 Å². The average Bonchev–Trinajstić information content (AvgIpc) is 3.05. The summed E-state index contributed by atoms with van der Waals surface area (Å²) in [5.74, 6) is 0.0904. The zero-order valence-electron chi connectivity index (χ0n) is 13.6. The second-order valence-electron chi connectivity index (χ2n) is 5.52. The van der Waals surface area contributed by atoms with Gasteiger partial charge in [0.2, 0.25) is 5.89 Å². The van der Waals surface area contributed by atoms with Crippen molar-refractivity contribution in [2.24, 2.45) is 5.73 Å². The van der Waals surface area contributed by atoms with E-state index in [-0.39, 0.29) is 29.8 Å². The van der Waals surface area contributed by atoms with Gasteiger partial charge in [-0.05, 0) is 26.2 Å². The lowest BCUT2D eigenvalue weighted by Crippen LogP contribution is -2.46. The van der Waals surface area contributed by atoms with E-state index in [9.17, 15) is 9.59 Å². The highest BCUT2D eigenvalue weighted by molar-refractivity contribution is 5.92. The minimum atomic E-state index is -0.302. The Hall–Kier alpha value is -2.09. The molecule has 8 heteroatoms. The van der Waals surface area contributed by atoms with Crippen LogP contribution < -0.4 is 11.1 Å². The first-order valence-corrected chi connectivity index (χ1v) is 7.98. The number of nitrogens with one attached hydrogen (secondary N) is 1. The number of nitrogens with two attached hydrogens (primary N) is 1. The molecule has 1 saturated heterocycles. The normalized spacial score (nSPS) is 16.9.